The first-order valence-corrected chi connectivity index (χ1v) is 10.0. The molecule has 0 spiro atoms. The van der Waals surface area contributed by atoms with Crippen LogP contribution in [0.4, 0.5) is 11.4 Å². The standard InChI is InChI=1S/C24H22N4O4/c1-15-12-18(13-21-16(2)25-27(24(21)29)19-8-6-5-7-9-19)17(3)26(15)22-11-10-20(32-4)14-23(22)28(30)31/h5-14H,1-4H3. The Labute approximate surface area is 185 Å². The number of para-hydroxylation sites is 1. The minimum absolute atomic E-state index is 0.0599. The molecule has 2 aromatic carbocycles. The van der Waals surface area contributed by atoms with Crippen LogP contribution >= 0.6 is 0 Å². The first-order valence-electron chi connectivity index (χ1n) is 10.0. The van der Waals surface area contributed by atoms with E-state index in [1.807, 2.05) is 54.8 Å². The zero-order valence-electron chi connectivity index (χ0n) is 18.2. The Morgan fingerprint density at radius 1 is 1.06 bits per heavy atom. The molecule has 0 atom stereocenters. The van der Waals surface area contributed by atoms with Crippen molar-refractivity contribution < 1.29 is 14.5 Å². The van der Waals surface area contributed by atoms with Crippen molar-refractivity contribution in [3.63, 3.8) is 0 Å². The van der Waals surface area contributed by atoms with E-state index in [2.05, 4.69) is 5.10 Å². The molecule has 8 nitrogen and oxygen atoms in total. The molecule has 162 valence electrons. The Morgan fingerprint density at radius 3 is 2.44 bits per heavy atom. The first-order chi connectivity index (χ1) is 15.3. The molecule has 4 rings (SSSR count). The molecule has 1 amide bonds. The van der Waals surface area contributed by atoms with E-state index >= 15 is 0 Å². The third-order valence-electron chi connectivity index (χ3n) is 5.45. The summed E-state index contributed by atoms with van der Waals surface area (Å²) in [6.45, 7) is 5.53. The molecule has 0 aliphatic carbocycles. The predicted octanol–water partition coefficient (Wildman–Crippen LogP) is 4.82. The zero-order chi connectivity index (χ0) is 23.0. The fourth-order valence-electron chi connectivity index (χ4n) is 3.85. The Balaban J connectivity index is 1.77. The van der Waals surface area contributed by atoms with Crippen molar-refractivity contribution in [3.05, 3.63) is 87.2 Å². The average Bonchev–Trinajstić information content (AvgIpc) is 3.23. The van der Waals surface area contributed by atoms with Crippen LogP contribution in [-0.4, -0.2) is 28.2 Å². The van der Waals surface area contributed by atoms with Crippen LogP contribution in [0.3, 0.4) is 0 Å². The van der Waals surface area contributed by atoms with Gasteiger partial charge in [0.15, 0.2) is 0 Å². The van der Waals surface area contributed by atoms with E-state index in [9.17, 15) is 14.9 Å². The smallest absolute Gasteiger partial charge is 0.296 e. The fraction of sp³-hybridized carbons (Fsp3) is 0.167. The van der Waals surface area contributed by atoms with Crippen LogP contribution in [0, 0.1) is 24.0 Å². The quantitative estimate of drug-likeness (QED) is 0.330. The van der Waals surface area contributed by atoms with Gasteiger partial charge >= 0.3 is 0 Å². The predicted molar refractivity (Wildman–Crippen MR) is 123 cm³/mol. The highest BCUT2D eigenvalue weighted by atomic mass is 16.6. The van der Waals surface area contributed by atoms with E-state index in [4.69, 9.17) is 4.74 Å². The summed E-state index contributed by atoms with van der Waals surface area (Å²) in [4.78, 5) is 24.3. The number of methoxy groups -OCH3 is 1. The van der Waals surface area contributed by atoms with Crippen molar-refractivity contribution in [2.24, 2.45) is 5.10 Å². The number of hydrogen-bond acceptors (Lipinski definition) is 5. The lowest BCUT2D eigenvalue weighted by atomic mass is 10.1. The Morgan fingerprint density at radius 2 is 1.78 bits per heavy atom. The number of anilines is 1. The van der Waals surface area contributed by atoms with Crippen molar-refractivity contribution in [1.82, 2.24) is 4.57 Å². The number of hydrogen-bond donors (Lipinski definition) is 0. The molecular weight excluding hydrogens is 408 g/mol. The van der Waals surface area contributed by atoms with E-state index < -0.39 is 4.92 Å². The molecule has 2 heterocycles. The topological polar surface area (TPSA) is 90.0 Å². The van der Waals surface area contributed by atoms with Crippen LogP contribution in [0.25, 0.3) is 11.8 Å². The number of aromatic nitrogens is 1. The lowest BCUT2D eigenvalue weighted by Crippen LogP contribution is -2.21. The van der Waals surface area contributed by atoms with Crippen LogP contribution in [0.2, 0.25) is 0 Å². The fourth-order valence-corrected chi connectivity index (χ4v) is 3.85. The second-order valence-corrected chi connectivity index (χ2v) is 7.47. The molecule has 0 bridgehead atoms. The minimum Gasteiger partial charge on any atom is -0.496 e. The van der Waals surface area contributed by atoms with Crippen molar-refractivity contribution in [2.75, 3.05) is 12.1 Å². The number of aryl methyl sites for hydroxylation is 1. The van der Waals surface area contributed by atoms with Crippen LogP contribution < -0.4 is 9.75 Å². The Bertz CT molecular complexity index is 1290. The number of nitro benzene ring substituents is 1. The van der Waals surface area contributed by atoms with Crippen LogP contribution in [-0.2, 0) is 4.79 Å². The minimum atomic E-state index is -0.427. The summed E-state index contributed by atoms with van der Waals surface area (Å²) in [6.07, 6.45) is 1.79. The molecule has 0 saturated carbocycles. The van der Waals surface area contributed by atoms with Crippen LogP contribution in [0.15, 0.2) is 65.3 Å². The van der Waals surface area contributed by atoms with Crippen LogP contribution in [0.5, 0.6) is 5.75 Å². The van der Waals surface area contributed by atoms with Crippen molar-refractivity contribution in [3.8, 4) is 11.4 Å². The van der Waals surface area contributed by atoms with Gasteiger partial charge in [-0.3, -0.25) is 14.9 Å². The third kappa shape index (κ3) is 3.56. The molecule has 0 fully saturated rings. The number of carbonyl (C=O) groups is 1. The Hall–Kier alpha value is -4.20. The second kappa shape index (κ2) is 8.14. The maximum atomic E-state index is 13.0. The summed E-state index contributed by atoms with van der Waals surface area (Å²) in [5, 5.41) is 17.5. The molecule has 1 aliphatic rings. The summed E-state index contributed by atoms with van der Waals surface area (Å²) in [5.41, 5.74) is 4.54. The number of hydrazone groups is 1. The van der Waals surface area contributed by atoms with Gasteiger partial charge in [0.25, 0.3) is 11.6 Å². The van der Waals surface area contributed by atoms with Gasteiger partial charge < -0.3 is 9.30 Å². The highest BCUT2D eigenvalue weighted by Gasteiger charge is 2.29. The van der Waals surface area contributed by atoms with Gasteiger partial charge in [-0.2, -0.15) is 10.1 Å². The summed E-state index contributed by atoms with van der Waals surface area (Å²) in [7, 11) is 1.47. The lowest BCUT2D eigenvalue weighted by molar-refractivity contribution is -0.384. The van der Waals surface area contributed by atoms with Gasteiger partial charge in [-0.15, -0.1) is 0 Å². The SMILES string of the molecule is COc1ccc(-n2c(C)cc(C=C3C(=O)N(c4ccccc4)N=C3C)c2C)c([N+](=O)[O-])c1. The van der Waals surface area contributed by atoms with Gasteiger partial charge in [0.1, 0.15) is 11.4 Å². The summed E-state index contributed by atoms with van der Waals surface area (Å²) < 4.78 is 6.95. The molecule has 0 unspecified atom stereocenters. The average molecular weight is 430 g/mol. The molecule has 32 heavy (non-hydrogen) atoms. The summed E-state index contributed by atoms with van der Waals surface area (Å²) >= 11 is 0. The number of amides is 1. The summed E-state index contributed by atoms with van der Waals surface area (Å²) in [5.74, 6) is 0.198. The van der Waals surface area contributed by atoms with Gasteiger partial charge in [-0.1, -0.05) is 18.2 Å². The van der Waals surface area contributed by atoms with Crippen LogP contribution in [0.1, 0.15) is 23.9 Å². The number of carbonyl (C=O) groups excluding carboxylic acids is 1. The highest BCUT2D eigenvalue weighted by molar-refractivity contribution is 6.32. The van der Waals surface area contributed by atoms with Gasteiger partial charge in [0, 0.05) is 11.4 Å². The normalized spacial score (nSPS) is 14.8. The molecule has 0 saturated heterocycles. The first kappa shape index (κ1) is 21.0. The molecule has 1 aliphatic heterocycles. The molecule has 0 radical (unpaired) electrons. The van der Waals surface area contributed by atoms with Gasteiger partial charge in [-0.05, 0) is 62.7 Å². The number of rotatable bonds is 5. The largest absolute Gasteiger partial charge is 0.496 e. The molecule has 3 aromatic rings. The van der Waals surface area contributed by atoms with E-state index in [1.165, 1.54) is 18.2 Å². The van der Waals surface area contributed by atoms with Gasteiger partial charge in [0.2, 0.25) is 0 Å². The Kier molecular flexibility index (Phi) is 5.36. The molecule has 0 N–H and O–H groups in total. The van der Waals surface area contributed by atoms with Crippen molar-refractivity contribution >= 4 is 29.1 Å². The monoisotopic (exact) mass is 430 g/mol. The van der Waals surface area contributed by atoms with Crippen molar-refractivity contribution in [1.29, 1.82) is 0 Å². The van der Waals surface area contributed by atoms with E-state index in [1.54, 1.807) is 25.1 Å². The van der Waals surface area contributed by atoms with Gasteiger partial charge in [-0.25, -0.2) is 0 Å². The second-order valence-electron chi connectivity index (χ2n) is 7.47. The maximum absolute atomic E-state index is 13.0. The maximum Gasteiger partial charge on any atom is 0.296 e. The highest BCUT2D eigenvalue weighted by Crippen LogP contribution is 2.33. The van der Waals surface area contributed by atoms with Crippen molar-refractivity contribution in [2.45, 2.75) is 20.8 Å². The molecule has 1 aromatic heterocycles. The number of benzene rings is 2. The number of nitrogens with zero attached hydrogens (tertiary/aromatic N) is 4. The van der Waals surface area contributed by atoms with E-state index in [-0.39, 0.29) is 11.6 Å². The zero-order valence-corrected chi connectivity index (χ0v) is 18.2. The molecule has 8 heteroatoms. The third-order valence-corrected chi connectivity index (χ3v) is 5.45. The van der Waals surface area contributed by atoms with E-state index in [0.717, 1.165) is 17.0 Å². The van der Waals surface area contributed by atoms with Gasteiger partial charge in [0.05, 0.1) is 35.1 Å². The number of nitro groups is 1. The lowest BCUT2D eigenvalue weighted by Gasteiger charge is -2.12. The van der Waals surface area contributed by atoms with E-state index in [0.29, 0.717) is 28.4 Å². The summed E-state index contributed by atoms with van der Waals surface area (Å²) in [6, 6.07) is 15.9. The molecular formula is C24H22N4O4. The number of ether oxygens (including phenoxy) is 1.